The summed E-state index contributed by atoms with van der Waals surface area (Å²) in [5.41, 5.74) is 2.69. The third kappa shape index (κ3) is 3.56. The molecule has 1 aliphatic heterocycles. The second-order valence-corrected chi connectivity index (χ2v) is 6.05. The summed E-state index contributed by atoms with van der Waals surface area (Å²) in [5, 5.41) is 6.88. The largest absolute Gasteiger partial charge is 0.382 e. The minimum atomic E-state index is -0.639. The van der Waals surface area contributed by atoms with E-state index in [4.69, 9.17) is 4.74 Å². The summed E-state index contributed by atoms with van der Waals surface area (Å²) in [5.74, 6) is -1.18. The lowest BCUT2D eigenvalue weighted by Gasteiger charge is -2.29. The molecule has 0 spiro atoms. The van der Waals surface area contributed by atoms with Crippen molar-refractivity contribution in [3.8, 4) is 0 Å². The van der Waals surface area contributed by atoms with Crippen molar-refractivity contribution in [3.63, 3.8) is 0 Å². The van der Waals surface area contributed by atoms with Crippen molar-refractivity contribution in [2.45, 2.75) is 18.9 Å². The molecule has 1 aromatic heterocycles. The van der Waals surface area contributed by atoms with Gasteiger partial charge >= 0.3 is 11.8 Å². The summed E-state index contributed by atoms with van der Waals surface area (Å²) in [6, 6.07) is 9.07. The van der Waals surface area contributed by atoms with Crippen molar-refractivity contribution < 1.29 is 14.3 Å². The molecule has 25 heavy (non-hydrogen) atoms. The van der Waals surface area contributed by atoms with E-state index in [2.05, 4.69) is 10.4 Å². The first-order valence-corrected chi connectivity index (χ1v) is 8.29. The standard InChI is InChI=1S/C18H22N4O3/c1-21-16(9-10-19-21)14(12-25-2)20-17(23)18(24)22-11-5-7-13-6-3-4-8-15(13)22/h3-4,6,8-10,14H,5,7,11-12H2,1-2H3,(H,20,23). The van der Waals surface area contributed by atoms with Crippen LogP contribution in [0.4, 0.5) is 5.69 Å². The molecule has 1 unspecified atom stereocenters. The van der Waals surface area contributed by atoms with Crippen LogP contribution in [0.1, 0.15) is 23.7 Å². The molecular weight excluding hydrogens is 320 g/mol. The number of anilines is 1. The van der Waals surface area contributed by atoms with Gasteiger partial charge in [-0.2, -0.15) is 5.10 Å². The average Bonchev–Trinajstić information content (AvgIpc) is 3.06. The minimum absolute atomic E-state index is 0.259. The van der Waals surface area contributed by atoms with Gasteiger partial charge in [-0.05, 0) is 30.5 Å². The molecule has 0 aliphatic carbocycles. The number of carbonyl (C=O) groups excluding carboxylic acids is 2. The molecular formula is C18H22N4O3. The molecule has 3 rings (SSSR count). The maximum Gasteiger partial charge on any atom is 0.316 e. The number of benzene rings is 1. The molecule has 0 radical (unpaired) electrons. The molecule has 0 saturated heterocycles. The van der Waals surface area contributed by atoms with Gasteiger partial charge in [0.05, 0.1) is 18.3 Å². The monoisotopic (exact) mass is 342 g/mol. The summed E-state index contributed by atoms with van der Waals surface area (Å²) in [6.07, 6.45) is 3.41. The van der Waals surface area contributed by atoms with Crippen molar-refractivity contribution in [3.05, 3.63) is 47.8 Å². The van der Waals surface area contributed by atoms with Crippen LogP contribution in [-0.4, -0.2) is 41.9 Å². The Morgan fingerprint density at radius 1 is 1.32 bits per heavy atom. The third-order valence-corrected chi connectivity index (χ3v) is 4.40. The van der Waals surface area contributed by atoms with Crippen molar-refractivity contribution in [1.29, 1.82) is 0 Å². The van der Waals surface area contributed by atoms with E-state index in [1.165, 1.54) is 0 Å². The zero-order valence-corrected chi connectivity index (χ0v) is 14.4. The lowest BCUT2D eigenvalue weighted by atomic mass is 10.0. The van der Waals surface area contributed by atoms with Crippen LogP contribution in [0.3, 0.4) is 0 Å². The van der Waals surface area contributed by atoms with Crippen molar-refractivity contribution in [2.75, 3.05) is 25.2 Å². The van der Waals surface area contributed by atoms with Crippen molar-refractivity contribution >= 4 is 17.5 Å². The molecule has 132 valence electrons. The fourth-order valence-corrected chi connectivity index (χ4v) is 3.18. The Balaban J connectivity index is 1.76. The summed E-state index contributed by atoms with van der Waals surface area (Å²) in [6.45, 7) is 0.805. The molecule has 2 heterocycles. The van der Waals surface area contributed by atoms with Gasteiger partial charge in [0, 0.05) is 32.6 Å². The van der Waals surface area contributed by atoms with Crippen LogP contribution in [0.15, 0.2) is 36.5 Å². The Hall–Kier alpha value is -2.67. The highest BCUT2D eigenvalue weighted by molar-refractivity contribution is 6.40. The Kier molecular flexibility index (Phi) is 5.14. The number of ether oxygens (including phenoxy) is 1. The molecule has 1 aromatic carbocycles. The van der Waals surface area contributed by atoms with Crippen LogP contribution < -0.4 is 10.2 Å². The van der Waals surface area contributed by atoms with Gasteiger partial charge in [0.25, 0.3) is 0 Å². The number of fused-ring (bicyclic) bond motifs is 1. The summed E-state index contributed by atoms with van der Waals surface area (Å²) in [4.78, 5) is 26.8. The molecule has 1 atom stereocenters. The average molecular weight is 342 g/mol. The van der Waals surface area contributed by atoms with Crippen LogP contribution in [0, 0.1) is 0 Å². The zero-order valence-electron chi connectivity index (χ0n) is 14.4. The SMILES string of the molecule is COCC(NC(=O)C(=O)N1CCCc2ccccc21)c1ccnn1C. The van der Waals surface area contributed by atoms with E-state index in [0.29, 0.717) is 6.54 Å². The van der Waals surface area contributed by atoms with Gasteiger partial charge in [-0.3, -0.25) is 14.3 Å². The lowest BCUT2D eigenvalue weighted by molar-refractivity contribution is -0.138. The second kappa shape index (κ2) is 7.48. The fourth-order valence-electron chi connectivity index (χ4n) is 3.18. The first-order valence-electron chi connectivity index (χ1n) is 8.29. The van der Waals surface area contributed by atoms with E-state index in [9.17, 15) is 9.59 Å². The number of aromatic nitrogens is 2. The molecule has 7 heteroatoms. The number of amides is 2. The highest BCUT2D eigenvalue weighted by Gasteiger charge is 2.29. The normalized spacial score (nSPS) is 14.7. The number of hydrogen-bond donors (Lipinski definition) is 1. The van der Waals surface area contributed by atoms with E-state index < -0.39 is 17.9 Å². The predicted octanol–water partition coefficient (Wildman–Crippen LogP) is 1.20. The van der Waals surface area contributed by atoms with E-state index in [0.717, 1.165) is 29.8 Å². The number of methoxy groups -OCH3 is 1. The van der Waals surface area contributed by atoms with E-state index in [1.807, 2.05) is 24.3 Å². The first kappa shape index (κ1) is 17.2. The lowest BCUT2D eigenvalue weighted by Crippen LogP contribution is -2.47. The third-order valence-electron chi connectivity index (χ3n) is 4.40. The van der Waals surface area contributed by atoms with Crippen LogP contribution in [0.2, 0.25) is 0 Å². The Bertz CT molecular complexity index is 771. The highest BCUT2D eigenvalue weighted by atomic mass is 16.5. The van der Waals surface area contributed by atoms with Gasteiger partial charge in [0.1, 0.15) is 0 Å². The summed E-state index contributed by atoms with van der Waals surface area (Å²) < 4.78 is 6.84. The van der Waals surface area contributed by atoms with Crippen LogP contribution in [0.5, 0.6) is 0 Å². The van der Waals surface area contributed by atoms with Crippen LogP contribution in [-0.2, 0) is 27.8 Å². The Labute approximate surface area is 146 Å². The van der Waals surface area contributed by atoms with Crippen LogP contribution >= 0.6 is 0 Å². The molecule has 1 aliphatic rings. The van der Waals surface area contributed by atoms with E-state index in [1.54, 1.807) is 36.0 Å². The van der Waals surface area contributed by atoms with Gasteiger partial charge in [0.2, 0.25) is 0 Å². The van der Waals surface area contributed by atoms with Gasteiger partial charge in [0.15, 0.2) is 0 Å². The first-order chi connectivity index (χ1) is 12.1. The number of nitrogens with zero attached hydrogens (tertiary/aromatic N) is 3. The number of para-hydroxylation sites is 1. The van der Waals surface area contributed by atoms with Gasteiger partial charge in [-0.25, -0.2) is 0 Å². The highest BCUT2D eigenvalue weighted by Crippen LogP contribution is 2.26. The van der Waals surface area contributed by atoms with E-state index >= 15 is 0 Å². The van der Waals surface area contributed by atoms with Gasteiger partial charge in [-0.15, -0.1) is 0 Å². The molecule has 0 bridgehead atoms. The maximum absolute atomic E-state index is 12.7. The number of rotatable bonds is 4. The Morgan fingerprint density at radius 2 is 2.12 bits per heavy atom. The number of aryl methyl sites for hydroxylation is 2. The summed E-state index contributed by atoms with van der Waals surface area (Å²) >= 11 is 0. The van der Waals surface area contributed by atoms with Gasteiger partial charge < -0.3 is 15.0 Å². The number of nitrogens with one attached hydrogen (secondary N) is 1. The smallest absolute Gasteiger partial charge is 0.316 e. The zero-order chi connectivity index (χ0) is 17.8. The number of hydrogen-bond acceptors (Lipinski definition) is 4. The maximum atomic E-state index is 12.7. The molecule has 7 nitrogen and oxygen atoms in total. The fraction of sp³-hybridized carbons (Fsp3) is 0.389. The van der Waals surface area contributed by atoms with Crippen molar-refractivity contribution in [1.82, 2.24) is 15.1 Å². The Morgan fingerprint density at radius 3 is 2.84 bits per heavy atom. The predicted molar refractivity (Wildman–Crippen MR) is 93.1 cm³/mol. The molecule has 2 aromatic rings. The number of carbonyl (C=O) groups is 2. The van der Waals surface area contributed by atoms with Crippen molar-refractivity contribution in [2.24, 2.45) is 7.05 Å². The van der Waals surface area contributed by atoms with Crippen LogP contribution in [0.25, 0.3) is 0 Å². The molecule has 0 saturated carbocycles. The molecule has 2 amide bonds. The summed E-state index contributed by atoms with van der Waals surface area (Å²) in [7, 11) is 3.34. The molecule has 1 N–H and O–H groups in total. The minimum Gasteiger partial charge on any atom is -0.382 e. The van der Waals surface area contributed by atoms with Gasteiger partial charge in [-0.1, -0.05) is 18.2 Å². The second-order valence-electron chi connectivity index (χ2n) is 6.05. The topological polar surface area (TPSA) is 76.5 Å². The van der Waals surface area contributed by atoms with E-state index in [-0.39, 0.29) is 6.61 Å². The quantitative estimate of drug-likeness (QED) is 0.847. The molecule has 0 fully saturated rings.